The number of carboxylic acids is 1. The van der Waals surface area contributed by atoms with Gasteiger partial charge in [-0.15, -0.1) is 0 Å². The van der Waals surface area contributed by atoms with Gasteiger partial charge < -0.3 is 57.9 Å². The standard InChI is InChI=1S/C45H70N10O10S/c1-23(2)16-32(52-40(59)31-14-11-15-46-31)41(60)53-33(17-24(3)4)42(61)55-36(22-66)44(63)50-26(7)38(57)48-21-37(56)49-27(8)39(58)51-34(43(62)54-35(45(64)65)18-25(5)6)19-28-20-47-30-13-10-9-12-29(28)30/h9-10,12-13,20,23-27,31-36,46-47,66H,11,14-19,21-22H2,1-8H3,(H,48,57)(H,49,56)(H,50,63)(H,51,58)(H,52,59)(H,53,60)(H,54,62)(H,55,61)(H,64,65)/t26-,27-,31-,32-,33-,34-,35-,36-/m0/s1. The largest absolute Gasteiger partial charge is 0.480 e. The third-order valence-corrected chi connectivity index (χ3v) is 11.2. The van der Waals surface area contributed by atoms with Gasteiger partial charge in [0.25, 0.3) is 0 Å². The van der Waals surface area contributed by atoms with Gasteiger partial charge in [-0.1, -0.05) is 59.7 Å². The van der Waals surface area contributed by atoms with Crippen LogP contribution < -0.4 is 47.9 Å². The molecule has 0 unspecified atom stereocenters. The van der Waals surface area contributed by atoms with E-state index < -0.39 is 102 Å². The van der Waals surface area contributed by atoms with Gasteiger partial charge in [-0.05, 0) is 81.9 Å². The number of carbonyl (C=O) groups excluding carboxylic acids is 8. The van der Waals surface area contributed by atoms with Crippen molar-refractivity contribution >= 4 is 76.8 Å². The Kier molecular flexibility index (Phi) is 21.9. The summed E-state index contributed by atoms with van der Waals surface area (Å²) in [5.74, 6) is -6.69. The molecule has 66 heavy (non-hydrogen) atoms. The van der Waals surface area contributed by atoms with Crippen LogP contribution >= 0.6 is 12.6 Å². The Labute approximate surface area is 391 Å². The molecular weight excluding hydrogens is 873 g/mol. The number of aliphatic carboxylic acids is 1. The highest BCUT2D eigenvalue weighted by Crippen LogP contribution is 2.20. The lowest BCUT2D eigenvalue weighted by atomic mass is 9.99. The van der Waals surface area contributed by atoms with Crippen LogP contribution in [0.5, 0.6) is 0 Å². The lowest BCUT2D eigenvalue weighted by Gasteiger charge is -2.27. The van der Waals surface area contributed by atoms with Crippen LogP contribution in [-0.4, -0.2) is 130 Å². The second-order valence-corrected chi connectivity index (χ2v) is 18.5. The Bertz CT molecular complexity index is 2020. The fourth-order valence-corrected chi connectivity index (χ4v) is 7.63. The van der Waals surface area contributed by atoms with Crippen LogP contribution in [0.25, 0.3) is 10.9 Å². The van der Waals surface area contributed by atoms with Crippen LogP contribution in [0.2, 0.25) is 0 Å². The number of fused-ring (bicyclic) bond motifs is 1. The highest BCUT2D eigenvalue weighted by atomic mass is 32.1. The Hall–Kier alpha value is -5.70. The lowest BCUT2D eigenvalue weighted by Crippen LogP contribution is -2.59. The maximum atomic E-state index is 13.6. The minimum atomic E-state index is -1.22. The minimum absolute atomic E-state index is 0.00109. The van der Waals surface area contributed by atoms with Crippen molar-refractivity contribution in [2.24, 2.45) is 17.8 Å². The Morgan fingerprint density at radius 2 is 1.15 bits per heavy atom. The molecule has 11 N–H and O–H groups in total. The lowest BCUT2D eigenvalue weighted by molar-refractivity contribution is -0.142. The van der Waals surface area contributed by atoms with Crippen molar-refractivity contribution in [3.8, 4) is 0 Å². The van der Waals surface area contributed by atoms with Crippen molar-refractivity contribution in [3.05, 3.63) is 36.0 Å². The van der Waals surface area contributed by atoms with Crippen LogP contribution in [0.3, 0.4) is 0 Å². The van der Waals surface area contributed by atoms with Crippen molar-refractivity contribution in [1.29, 1.82) is 0 Å². The van der Waals surface area contributed by atoms with E-state index in [4.69, 9.17) is 0 Å². The number of hydrogen-bond donors (Lipinski definition) is 12. The first kappa shape index (κ1) is 54.6. The number of benzene rings is 1. The van der Waals surface area contributed by atoms with Crippen molar-refractivity contribution in [3.63, 3.8) is 0 Å². The molecule has 0 radical (unpaired) electrons. The number of aromatic nitrogens is 1. The van der Waals surface area contributed by atoms with Gasteiger partial charge in [0.05, 0.1) is 12.6 Å². The first-order chi connectivity index (χ1) is 31.1. The molecule has 8 atom stereocenters. The second kappa shape index (κ2) is 26.4. The molecule has 1 aliphatic rings. The van der Waals surface area contributed by atoms with Crippen LogP contribution in [-0.2, 0) is 49.6 Å². The number of carbonyl (C=O) groups is 9. The van der Waals surface area contributed by atoms with Crippen LogP contribution in [0, 0.1) is 17.8 Å². The van der Waals surface area contributed by atoms with E-state index in [0.717, 1.165) is 17.3 Å². The number of aromatic amines is 1. The molecule has 8 amide bonds. The molecular formula is C45H70N10O10S. The molecule has 2 aromatic rings. The maximum Gasteiger partial charge on any atom is 0.326 e. The molecule has 2 heterocycles. The van der Waals surface area contributed by atoms with Gasteiger partial charge in [0.15, 0.2) is 0 Å². The second-order valence-electron chi connectivity index (χ2n) is 18.2. The normalized spacial score (nSPS) is 16.8. The molecule has 3 rings (SSSR count). The quantitative estimate of drug-likeness (QED) is 0.0565. The Morgan fingerprint density at radius 1 is 0.636 bits per heavy atom. The van der Waals surface area contributed by atoms with Crippen molar-refractivity contribution in [2.75, 3.05) is 18.8 Å². The zero-order chi connectivity index (χ0) is 49.2. The summed E-state index contributed by atoms with van der Waals surface area (Å²) in [6.07, 6.45) is 3.91. The summed E-state index contributed by atoms with van der Waals surface area (Å²) in [7, 11) is 0. The molecule has 1 fully saturated rings. The Morgan fingerprint density at radius 3 is 1.73 bits per heavy atom. The number of para-hydroxylation sites is 1. The summed E-state index contributed by atoms with van der Waals surface area (Å²) in [4.78, 5) is 121. The zero-order valence-corrected chi connectivity index (χ0v) is 40.1. The van der Waals surface area contributed by atoms with E-state index in [1.807, 2.05) is 65.8 Å². The molecule has 20 nitrogen and oxygen atoms in total. The van der Waals surface area contributed by atoms with Gasteiger partial charge in [-0.25, -0.2) is 4.79 Å². The highest BCUT2D eigenvalue weighted by Gasteiger charge is 2.34. The average molecular weight is 943 g/mol. The van der Waals surface area contributed by atoms with E-state index in [-0.39, 0.29) is 48.7 Å². The topological polar surface area (TPSA) is 298 Å². The molecule has 0 bridgehead atoms. The number of hydrogen-bond acceptors (Lipinski definition) is 11. The smallest absolute Gasteiger partial charge is 0.326 e. The predicted octanol–water partition coefficient (Wildman–Crippen LogP) is 0.165. The summed E-state index contributed by atoms with van der Waals surface area (Å²) < 4.78 is 0. The van der Waals surface area contributed by atoms with Gasteiger partial charge in [-0.3, -0.25) is 38.4 Å². The number of carboxylic acid groups (broad SMARTS) is 1. The van der Waals surface area contributed by atoms with Gasteiger partial charge in [0.2, 0.25) is 47.3 Å². The number of H-pyrrole nitrogens is 1. The maximum absolute atomic E-state index is 13.6. The van der Waals surface area contributed by atoms with E-state index in [1.165, 1.54) is 13.8 Å². The van der Waals surface area contributed by atoms with E-state index in [1.54, 1.807) is 6.20 Å². The average Bonchev–Trinajstić information content (AvgIpc) is 3.94. The van der Waals surface area contributed by atoms with Crippen molar-refractivity contribution in [1.82, 2.24) is 52.8 Å². The molecule has 1 aromatic carbocycles. The van der Waals surface area contributed by atoms with E-state index >= 15 is 0 Å². The minimum Gasteiger partial charge on any atom is -0.480 e. The predicted molar refractivity (Wildman–Crippen MR) is 251 cm³/mol. The highest BCUT2D eigenvalue weighted by molar-refractivity contribution is 7.80. The van der Waals surface area contributed by atoms with Gasteiger partial charge in [-0.2, -0.15) is 12.6 Å². The van der Waals surface area contributed by atoms with E-state index in [9.17, 15) is 48.3 Å². The molecule has 366 valence electrons. The molecule has 1 saturated heterocycles. The SMILES string of the molecule is CC(C)C[C@H](NC(=O)[C@H](Cc1c[nH]c2ccccc12)NC(=O)[C@H](C)NC(=O)CNC(=O)[C@H](C)NC(=O)[C@H](CS)NC(=O)[C@H](CC(C)C)NC(=O)[C@H](CC(C)C)NC(=O)[C@@H]1CCCN1)C(=O)O. The summed E-state index contributed by atoms with van der Waals surface area (Å²) in [6.45, 7) is 14.0. The first-order valence-electron chi connectivity index (χ1n) is 22.6. The summed E-state index contributed by atoms with van der Waals surface area (Å²) >= 11 is 4.23. The monoisotopic (exact) mass is 942 g/mol. The number of thiol groups is 1. The molecule has 0 aliphatic carbocycles. The van der Waals surface area contributed by atoms with Crippen LogP contribution in [0.1, 0.15) is 93.1 Å². The van der Waals surface area contributed by atoms with Gasteiger partial charge >= 0.3 is 5.97 Å². The fraction of sp³-hybridized carbons (Fsp3) is 0.622. The molecule has 0 saturated carbocycles. The van der Waals surface area contributed by atoms with Gasteiger partial charge in [0.1, 0.15) is 42.3 Å². The molecule has 1 aliphatic heterocycles. The number of rotatable bonds is 26. The van der Waals surface area contributed by atoms with Gasteiger partial charge in [0, 0.05) is 29.3 Å². The molecule has 0 spiro atoms. The Balaban J connectivity index is 1.57. The summed E-state index contributed by atoms with van der Waals surface area (Å²) in [6, 6.07) is -1.06. The molecule has 21 heteroatoms. The number of amides is 8. The van der Waals surface area contributed by atoms with E-state index in [2.05, 4.69) is 65.5 Å². The zero-order valence-electron chi connectivity index (χ0n) is 39.2. The van der Waals surface area contributed by atoms with Crippen molar-refractivity contribution in [2.45, 2.75) is 142 Å². The van der Waals surface area contributed by atoms with Crippen LogP contribution in [0.4, 0.5) is 0 Å². The van der Waals surface area contributed by atoms with E-state index in [0.29, 0.717) is 24.9 Å². The summed E-state index contributed by atoms with van der Waals surface area (Å²) in [5.41, 5.74) is 1.49. The first-order valence-corrected chi connectivity index (χ1v) is 23.2. The number of nitrogens with one attached hydrogen (secondary N) is 10. The fourth-order valence-electron chi connectivity index (χ4n) is 7.37. The van der Waals surface area contributed by atoms with Crippen molar-refractivity contribution < 1.29 is 48.3 Å². The third kappa shape index (κ3) is 17.6. The molecule has 1 aromatic heterocycles. The van der Waals surface area contributed by atoms with Crippen LogP contribution in [0.15, 0.2) is 30.5 Å². The summed E-state index contributed by atoms with van der Waals surface area (Å²) in [5, 5.41) is 34.4. The third-order valence-electron chi connectivity index (χ3n) is 10.9.